The SMILES string of the molecule is C#C/C=C\C=C(/CC(=O)Nc1cc(C(=O)NCC2=CCC=C(N3CCCC(N4CCCC4)CC3)C=C2)n(C)c1)c1ccc(C(F)(F)F)cc1. The smallest absolute Gasteiger partial charge is 0.372 e. The van der Waals surface area contributed by atoms with Gasteiger partial charge < -0.3 is 25.0 Å². The molecule has 1 aromatic heterocycles. The first kappa shape index (κ1) is 35.6. The van der Waals surface area contributed by atoms with Crippen molar-refractivity contribution in [3.63, 3.8) is 0 Å². The lowest BCUT2D eigenvalue weighted by atomic mass is 10.00. The fraction of sp³-hybridized carbons (Fsp3) is 0.385. The largest absolute Gasteiger partial charge is 0.416 e. The van der Waals surface area contributed by atoms with Crippen LogP contribution in [0.25, 0.3) is 5.57 Å². The highest BCUT2D eigenvalue weighted by molar-refractivity contribution is 6.00. The molecule has 1 unspecified atom stereocenters. The Hall–Kier alpha value is -4.75. The predicted octanol–water partition coefficient (Wildman–Crippen LogP) is 7.10. The molecule has 5 rings (SSSR count). The van der Waals surface area contributed by atoms with E-state index in [1.807, 2.05) is 0 Å². The summed E-state index contributed by atoms with van der Waals surface area (Å²) in [5, 5.41) is 5.79. The summed E-state index contributed by atoms with van der Waals surface area (Å²) in [6.45, 7) is 4.97. The maximum absolute atomic E-state index is 13.2. The number of benzene rings is 1. The van der Waals surface area contributed by atoms with E-state index < -0.39 is 17.6 Å². The van der Waals surface area contributed by atoms with Gasteiger partial charge in [-0.2, -0.15) is 13.2 Å². The van der Waals surface area contributed by atoms with E-state index in [-0.39, 0.29) is 12.3 Å². The van der Waals surface area contributed by atoms with Crippen LogP contribution in [0.4, 0.5) is 18.9 Å². The third-order valence-corrected chi connectivity index (χ3v) is 9.29. The lowest BCUT2D eigenvalue weighted by molar-refractivity contribution is -0.137. The van der Waals surface area contributed by atoms with Gasteiger partial charge in [-0.3, -0.25) is 9.59 Å². The molecule has 7 nitrogen and oxygen atoms in total. The molecule has 2 fully saturated rings. The third kappa shape index (κ3) is 9.89. The van der Waals surface area contributed by atoms with E-state index in [2.05, 4.69) is 50.7 Å². The van der Waals surface area contributed by atoms with E-state index >= 15 is 0 Å². The Morgan fingerprint density at radius 1 is 1.02 bits per heavy atom. The number of hydrogen-bond donors (Lipinski definition) is 2. The highest BCUT2D eigenvalue weighted by Crippen LogP contribution is 2.31. The van der Waals surface area contributed by atoms with Gasteiger partial charge in [-0.1, -0.05) is 48.4 Å². The molecule has 0 radical (unpaired) electrons. The summed E-state index contributed by atoms with van der Waals surface area (Å²) in [7, 11) is 1.72. The van der Waals surface area contributed by atoms with Crippen LogP contribution in [0.3, 0.4) is 0 Å². The molecule has 1 aromatic carbocycles. The van der Waals surface area contributed by atoms with Crippen LogP contribution in [0.5, 0.6) is 0 Å². The number of aryl methyl sites for hydroxylation is 1. The van der Waals surface area contributed by atoms with Crippen LogP contribution < -0.4 is 10.6 Å². The second-order valence-electron chi connectivity index (χ2n) is 12.7. The van der Waals surface area contributed by atoms with Crippen LogP contribution in [0, 0.1) is 12.3 Å². The van der Waals surface area contributed by atoms with Crippen LogP contribution in [0.1, 0.15) is 66.6 Å². The lowest BCUT2D eigenvalue weighted by Gasteiger charge is -2.27. The van der Waals surface area contributed by atoms with Gasteiger partial charge in [-0.05, 0) is 98.7 Å². The first-order valence-electron chi connectivity index (χ1n) is 16.9. The van der Waals surface area contributed by atoms with Gasteiger partial charge in [-0.15, -0.1) is 6.42 Å². The van der Waals surface area contributed by atoms with Gasteiger partial charge in [0.15, 0.2) is 0 Å². The Kier molecular flexibility index (Phi) is 12.0. The van der Waals surface area contributed by atoms with Gasteiger partial charge >= 0.3 is 6.18 Å². The molecule has 2 N–H and O–H groups in total. The average molecular weight is 672 g/mol. The maximum Gasteiger partial charge on any atom is 0.416 e. The number of amides is 2. The number of rotatable bonds is 10. The van der Waals surface area contributed by atoms with Crippen molar-refractivity contribution in [1.82, 2.24) is 19.7 Å². The van der Waals surface area contributed by atoms with Crippen molar-refractivity contribution in [3.05, 3.63) is 107 Å². The first-order valence-corrected chi connectivity index (χ1v) is 16.9. The van der Waals surface area contributed by atoms with Gasteiger partial charge in [0.05, 0.1) is 17.7 Å². The fourth-order valence-electron chi connectivity index (χ4n) is 6.69. The van der Waals surface area contributed by atoms with E-state index in [1.165, 1.54) is 69.1 Å². The Morgan fingerprint density at radius 3 is 2.53 bits per heavy atom. The number of nitrogens with one attached hydrogen (secondary N) is 2. The van der Waals surface area contributed by atoms with Gasteiger partial charge in [0.2, 0.25) is 5.91 Å². The molecule has 1 atom stereocenters. The molecule has 1 aliphatic carbocycles. The number of carbonyl (C=O) groups is 2. The second-order valence-corrected chi connectivity index (χ2v) is 12.7. The standard InChI is InChI=1S/C39H44F3N5O2/c1-3-4-5-11-31(30-15-17-32(18-16-30)39(40,41)42)25-37(48)44-33-26-36(45(2)28-33)38(49)43-27-29-10-8-12-34(19-14-29)47-23-9-13-35(20-24-47)46-21-6-7-22-46/h1,4-5,10-12,14-19,26,28,35H,6-9,13,20-25,27H2,2H3,(H,43,49)(H,44,48)/b5-4-,31-11+. The van der Waals surface area contributed by atoms with E-state index in [9.17, 15) is 22.8 Å². The predicted molar refractivity (Wildman–Crippen MR) is 188 cm³/mol. The summed E-state index contributed by atoms with van der Waals surface area (Å²) >= 11 is 0. The molecule has 2 saturated heterocycles. The van der Waals surface area contributed by atoms with Gasteiger partial charge in [0.25, 0.3) is 5.91 Å². The molecular formula is C39H44F3N5O2. The Labute approximate surface area is 286 Å². The molecule has 0 saturated carbocycles. The molecule has 258 valence electrons. The Morgan fingerprint density at radius 2 is 1.80 bits per heavy atom. The molecule has 49 heavy (non-hydrogen) atoms. The maximum atomic E-state index is 13.2. The van der Waals surface area contributed by atoms with Crippen molar-refractivity contribution in [3.8, 4) is 12.3 Å². The summed E-state index contributed by atoms with van der Waals surface area (Å²) in [5.74, 6) is 1.67. The second kappa shape index (κ2) is 16.6. The number of halogens is 3. The number of carbonyl (C=O) groups excluding carboxylic acids is 2. The van der Waals surface area contributed by atoms with Crippen molar-refractivity contribution >= 4 is 23.1 Å². The summed E-state index contributed by atoms with van der Waals surface area (Å²) in [6, 6.07) is 6.90. The lowest BCUT2D eigenvalue weighted by Crippen LogP contribution is -2.33. The number of alkyl halides is 3. The Balaban J connectivity index is 1.14. The quantitative estimate of drug-likeness (QED) is 0.209. The normalized spacial score (nSPS) is 19.2. The molecule has 2 aromatic rings. The van der Waals surface area contributed by atoms with Crippen LogP contribution in [-0.2, 0) is 18.0 Å². The van der Waals surface area contributed by atoms with Crippen molar-refractivity contribution in [2.45, 2.75) is 57.2 Å². The molecule has 2 aliphatic heterocycles. The van der Waals surface area contributed by atoms with Gasteiger partial charge in [0, 0.05) is 44.6 Å². The minimum absolute atomic E-state index is 0.121. The highest BCUT2D eigenvalue weighted by atomic mass is 19.4. The van der Waals surface area contributed by atoms with Crippen molar-refractivity contribution in [2.75, 3.05) is 38.0 Å². The average Bonchev–Trinajstić information content (AvgIpc) is 3.58. The highest BCUT2D eigenvalue weighted by Gasteiger charge is 2.30. The topological polar surface area (TPSA) is 69.6 Å². The van der Waals surface area contributed by atoms with Gasteiger partial charge in [-0.25, -0.2) is 0 Å². The minimum atomic E-state index is -4.46. The van der Waals surface area contributed by atoms with Crippen LogP contribution >= 0.6 is 0 Å². The van der Waals surface area contributed by atoms with E-state index in [1.54, 1.807) is 36.0 Å². The fourth-order valence-corrected chi connectivity index (χ4v) is 6.69. The van der Waals surface area contributed by atoms with Crippen molar-refractivity contribution < 1.29 is 22.8 Å². The molecule has 3 heterocycles. The first-order chi connectivity index (χ1) is 23.6. The molecule has 10 heteroatoms. The zero-order chi connectivity index (χ0) is 34.8. The molecule has 0 bridgehead atoms. The minimum Gasteiger partial charge on any atom is -0.372 e. The van der Waals surface area contributed by atoms with Crippen LogP contribution in [-0.4, -0.2) is 64.9 Å². The van der Waals surface area contributed by atoms with Crippen LogP contribution in [0.15, 0.2) is 90.3 Å². The van der Waals surface area contributed by atoms with E-state index in [0.29, 0.717) is 35.1 Å². The third-order valence-electron chi connectivity index (χ3n) is 9.29. The zero-order valence-corrected chi connectivity index (χ0v) is 27.9. The number of aromatic nitrogens is 1. The van der Waals surface area contributed by atoms with E-state index in [0.717, 1.165) is 37.2 Å². The monoisotopic (exact) mass is 671 g/mol. The summed E-state index contributed by atoms with van der Waals surface area (Å²) in [5.41, 5.74) is 3.23. The van der Waals surface area contributed by atoms with Crippen molar-refractivity contribution in [1.29, 1.82) is 0 Å². The number of hydrogen-bond acceptors (Lipinski definition) is 4. The molecular weight excluding hydrogens is 627 g/mol. The van der Waals surface area contributed by atoms with Crippen molar-refractivity contribution in [2.24, 2.45) is 7.05 Å². The number of allylic oxidation sites excluding steroid dienone is 6. The van der Waals surface area contributed by atoms with Crippen LogP contribution in [0.2, 0.25) is 0 Å². The summed E-state index contributed by atoms with van der Waals surface area (Å²) in [4.78, 5) is 31.3. The number of terminal acetylenes is 1. The van der Waals surface area contributed by atoms with Gasteiger partial charge in [0.1, 0.15) is 5.69 Å². The number of anilines is 1. The Bertz CT molecular complexity index is 1680. The molecule has 0 spiro atoms. The number of likely N-dealkylation sites (tertiary alicyclic amines) is 2. The summed E-state index contributed by atoms with van der Waals surface area (Å²) < 4.78 is 40.8. The van der Waals surface area contributed by atoms with E-state index in [4.69, 9.17) is 6.42 Å². The number of nitrogens with zero attached hydrogens (tertiary/aromatic N) is 3. The summed E-state index contributed by atoms with van der Waals surface area (Å²) in [6.07, 6.45) is 22.6. The molecule has 2 amide bonds. The zero-order valence-electron chi connectivity index (χ0n) is 27.9. The molecule has 3 aliphatic rings.